The molecule has 1 aromatic carbocycles. The monoisotopic (exact) mass is 297 g/mol. The summed E-state index contributed by atoms with van der Waals surface area (Å²) in [7, 11) is -3.72. The van der Waals surface area contributed by atoms with E-state index >= 15 is 0 Å². The molecule has 7 heteroatoms. The van der Waals surface area contributed by atoms with Gasteiger partial charge in [-0.05, 0) is 37.1 Å². The van der Waals surface area contributed by atoms with Crippen LogP contribution in [-0.2, 0) is 10.0 Å². The van der Waals surface area contributed by atoms with E-state index in [-0.39, 0.29) is 4.90 Å². The zero-order valence-electron chi connectivity index (χ0n) is 11.2. The standard InChI is InChI=1S/C13H16FN3O2S/c1-3-11(13-15-6-7-16-13)17-20(18,19)12-5-4-10(14)8-9(12)2/h4-8,11,17H,3H2,1-2H3,(H,15,16). The second-order valence-corrected chi connectivity index (χ2v) is 6.15. The molecule has 0 aliphatic heterocycles. The smallest absolute Gasteiger partial charge is 0.241 e. The maximum atomic E-state index is 13.1. The van der Waals surface area contributed by atoms with E-state index in [1.807, 2.05) is 6.92 Å². The van der Waals surface area contributed by atoms with Gasteiger partial charge in [-0.15, -0.1) is 0 Å². The van der Waals surface area contributed by atoms with Gasteiger partial charge in [0.25, 0.3) is 0 Å². The van der Waals surface area contributed by atoms with E-state index in [1.54, 1.807) is 19.3 Å². The molecule has 0 aliphatic rings. The third-order valence-corrected chi connectivity index (χ3v) is 4.61. The number of halogens is 1. The fourth-order valence-electron chi connectivity index (χ4n) is 1.97. The Morgan fingerprint density at radius 3 is 2.75 bits per heavy atom. The van der Waals surface area contributed by atoms with Crippen molar-refractivity contribution >= 4 is 10.0 Å². The lowest BCUT2D eigenvalue weighted by atomic mass is 10.2. The van der Waals surface area contributed by atoms with E-state index in [4.69, 9.17) is 0 Å². The van der Waals surface area contributed by atoms with Crippen LogP contribution in [0.25, 0.3) is 0 Å². The molecule has 1 atom stereocenters. The topological polar surface area (TPSA) is 74.8 Å². The van der Waals surface area contributed by atoms with Gasteiger partial charge in [0.15, 0.2) is 0 Å². The highest BCUT2D eigenvalue weighted by atomic mass is 32.2. The molecule has 1 aromatic heterocycles. The largest absolute Gasteiger partial charge is 0.347 e. The number of rotatable bonds is 5. The summed E-state index contributed by atoms with van der Waals surface area (Å²) in [6.07, 6.45) is 3.75. The Labute approximate surface area is 117 Å². The van der Waals surface area contributed by atoms with Gasteiger partial charge < -0.3 is 4.98 Å². The number of nitrogens with one attached hydrogen (secondary N) is 2. The first kappa shape index (κ1) is 14.7. The molecule has 5 nitrogen and oxygen atoms in total. The number of aryl methyl sites for hydroxylation is 1. The van der Waals surface area contributed by atoms with Crippen molar-refractivity contribution in [2.45, 2.75) is 31.2 Å². The average Bonchev–Trinajstić information content (AvgIpc) is 2.89. The molecule has 2 aromatic rings. The van der Waals surface area contributed by atoms with Crippen molar-refractivity contribution in [2.24, 2.45) is 0 Å². The minimum Gasteiger partial charge on any atom is -0.347 e. The fourth-order valence-corrected chi connectivity index (χ4v) is 3.48. The van der Waals surface area contributed by atoms with Crippen LogP contribution in [0.15, 0.2) is 35.5 Å². The van der Waals surface area contributed by atoms with E-state index in [1.165, 1.54) is 12.1 Å². The van der Waals surface area contributed by atoms with Crippen LogP contribution < -0.4 is 4.72 Å². The first-order chi connectivity index (χ1) is 9.44. The SMILES string of the molecule is CCC(NS(=O)(=O)c1ccc(F)cc1C)c1ncc[nH]1. The Bertz CT molecular complexity index is 684. The summed E-state index contributed by atoms with van der Waals surface area (Å²) in [5.74, 6) is 0.0929. The van der Waals surface area contributed by atoms with E-state index in [0.29, 0.717) is 17.8 Å². The summed E-state index contributed by atoms with van der Waals surface area (Å²) < 4.78 is 40.3. The Hall–Kier alpha value is -1.73. The van der Waals surface area contributed by atoms with Crippen molar-refractivity contribution in [3.8, 4) is 0 Å². The fraction of sp³-hybridized carbons (Fsp3) is 0.308. The molecule has 108 valence electrons. The Morgan fingerprint density at radius 1 is 1.45 bits per heavy atom. The van der Waals surface area contributed by atoms with Gasteiger partial charge in [0.1, 0.15) is 11.6 Å². The zero-order chi connectivity index (χ0) is 14.8. The first-order valence-corrected chi connectivity index (χ1v) is 7.70. The summed E-state index contributed by atoms with van der Waals surface area (Å²) >= 11 is 0. The molecule has 0 aliphatic carbocycles. The number of hydrogen-bond acceptors (Lipinski definition) is 3. The Kier molecular flexibility index (Phi) is 4.20. The van der Waals surface area contributed by atoms with E-state index in [9.17, 15) is 12.8 Å². The van der Waals surface area contributed by atoms with Crippen molar-refractivity contribution in [3.05, 3.63) is 47.8 Å². The lowest BCUT2D eigenvalue weighted by Crippen LogP contribution is -2.29. The van der Waals surface area contributed by atoms with Crippen molar-refractivity contribution in [3.63, 3.8) is 0 Å². The number of aromatic amines is 1. The molecular formula is C13H16FN3O2S. The van der Waals surface area contributed by atoms with Crippen molar-refractivity contribution in [2.75, 3.05) is 0 Å². The third-order valence-electron chi connectivity index (χ3n) is 2.98. The quantitative estimate of drug-likeness (QED) is 0.889. The number of sulfonamides is 1. The van der Waals surface area contributed by atoms with Gasteiger partial charge in [0.05, 0.1) is 10.9 Å². The van der Waals surface area contributed by atoms with Crippen LogP contribution in [0.5, 0.6) is 0 Å². The first-order valence-electron chi connectivity index (χ1n) is 6.22. The molecule has 20 heavy (non-hydrogen) atoms. The average molecular weight is 297 g/mol. The van der Waals surface area contributed by atoms with Crippen LogP contribution in [0.2, 0.25) is 0 Å². The van der Waals surface area contributed by atoms with Crippen molar-refractivity contribution in [1.29, 1.82) is 0 Å². The second kappa shape index (κ2) is 5.72. The van der Waals surface area contributed by atoms with Crippen molar-refractivity contribution < 1.29 is 12.8 Å². The molecule has 0 radical (unpaired) electrons. The molecule has 1 heterocycles. The van der Waals surface area contributed by atoms with Gasteiger partial charge in [-0.1, -0.05) is 6.92 Å². The van der Waals surface area contributed by atoms with E-state index < -0.39 is 21.9 Å². The number of aromatic nitrogens is 2. The molecule has 0 amide bonds. The number of hydrogen-bond donors (Lipinski definition) is 2. The summed E-state index contributed by atoms with van der Waals surface area (Å²) in [5.41, 5.74) is 0.367. The maximum absolute atomic E-state index is 13.1. The van der Waals surface area contributed by atoms with Gasteiger partial charge >= 0.3 is 0 Å². The summed E-state index contributed by atoms with van der Waals surface area (Å²) in [6.45, 7) is 3.42. The van der Waals surface area contributed by atoms with Crippen molar-refractivity contribution in [1.82, 2.24) is 14.7 Å². The molecule has 2 N–H and O–H groups in total. The van der Waals surface area contributed by atoms with Crippen LogP contribution >= 0.6 is 0 Å². The minimum atomic E-state index is -3.72. The van der Waals surface area contributed by atoms with Gasteiger partial charge in [-0.25, -0.2) is 22.5 Å². The Balaban J connectivity index is 2.31. The molecule has 1 unspecified atom stereocenters. The molecule has 0 saturated heterocycles. The molecule has 0 bridgehead atoms. The maximum Gasteiger partial charge on any atom is 0.241 e. The summed E-state index contributed by atoms with van der Waals surface area (Å²) in [5, 5.41) is 0. The predicted molar refractivity (Wildman–Crippen MR) is 73.1 cm³/mol. The minimum absolute atomic E-state index is 0.0731. The third kappa shape index (κ3) is 3.05. The van der Waals surface area contributed by atoms with Gasteiger partial charge in [-0.3, -0.25) is 0 Å². The van der Waals surface area contributed by atoms with E-state index in [0.717, 1.165) is 6.07 Å². The van der Waals surface area contributed by atoms with Gasteiger partial charge in [-0.2, -0.15) is 0 Å². The predicted octanol–water partition coefficient (Wildman–Crippen LogP) is 2.29. The highest BCUT2D eigenvalue weighted by Gasteiger charge is 2.23. The summed E-state index contributed by atoms with van der Waals surface area (Å²) in [4.78, 5) is 7.02. The molecule has 0 saturated carbocycles. The van der Waals surface area contributed by atoms with Crippen LogP contribution in [0.1, 0.15) is 30.8 Å². The normalized spacial score (nSPS) is 13.3. The van der Waals surface area contributed by atoms with Crippen LogP contribution in [0.4, 0.5) is 4.39 Å². The zero-order valence-corrected chi connectivity index (χ0v) is 12.0. The molecule has 2 rings (SSSR count). The van der Waals surface area contributed by atoms with Crippen LogP contribution in [0, 0.1) is 12.7 Å². The Morgan fingerprint density at radius 2 is 2.20 bits per heavy atom. The summed E-state index contributed by atoms with van der Waals surface area (Å²) in [6, 6.07) is 3.15. The molecule has 0 spiro atoms. The lowest BCUT2D eigenvalue weighted by molar-refractivity contribution is 0.538. The van der Waals surface area contributed by atoms with E-state index in [2.05, 4.69) is 14.7 Å². The van der Waals surface area contributed by atoms with Gasteiger partial charge in [0, 0.05) is 12.4 Å². The molecular weight excluding hydrogens is 281 g/mol. The highest BCUT2D eigenvalue weighted by Crippen LogP contribution is 2.20. The lowest BCUT2D eigenvalue weighted by Gasteiger charge is -2.16. The van der Waals surface area contributed by atoms with Gasteiger partial charge in [0.2, 0.25) is 10.0 Å². The second-order valence-electron chi connectivity index (χ2n) is 4.47. The number of benzene rings is 1. The molecule has 0 fully saturated rings. The number of imidazole rings is 1. The highest BCUT2D eigenvalue weighted by molar-refractivity contribution is 7.89. The van der Waals surface area contributed by atoms with Crippen LogP contribution in [0.3, 0.4) is 0 Å². The number of nitrogens with zero attached hydrogens (tertiary/aromatic N) is 1. The van der Waals surface area contributed by atoms with Crippen LogP contribution in [-0.4, -0.2) is 18.4 Å². The number of H-pyrrole nitrogens is 1.